The molecule has 30 atom stereocenters. The Balaban J connectivity index is 1.24. The molecule has 0 saturated carbocycles. The highest BCUT2D eigenvalue weighted by atomic mass is 32.1. The van der Waals surface area contributed by atoms with Crippen molar-refractivity contribution in [1.29, 1.82) is 0 Å². The summed E-state index contributed by atoms with van der Waals surface area (Å²) in [6.07, 6.45) is -28.8. The summed E-state index contributed by atoms with van der Waals surface area (Å²) in [6, 6.07) is -0.693. The van der Waals surface area contributed by atoms with Crippen molar-refractivity contribution in [3.8, 4) is 0 Å². The van der Waals surface area contributed by atoms with E-state index in [9.17, 15) is 14.7 Å². The van der Waals surface area contributed by atoms with Gasteiger partial charge >= 0.3 is 0 Å². The quantitative estimate of drug-likeness (QED) is 0.0323. The van der Waals surface area contributed by atoms with E-state index in [2.05, 4.69) is 35.9 Å². The third kappa shape index (κ3) is 19.6. The van der Waals surface area contributed by atoms with E-state index in [0.717, 1.165) is 0 Å². The average molecular weight is 1430 g/mol. The van der Waals surface area contributed by atoms with Gasteiger partial charge in [0.2, 0.25) is 11.8 Å². The summed E-state index contributed by atoms with van der Waals surface area (Å²) in [4.78, 5) is 25.8. The standard InChI is InChI=1S/C60H108N2O32S2/c1-66-23-29-37(61-35(63)19-21-95)43(72-7)49(78-13)55(84-29)89-38-30(24-67-2)85-56(50(79-14)44(38)73-8)90-39-31(25-68-3)86-57(51(80-15)45(39)74-9)91-40-32(26-69-4)87-58(52(81-16)46(40)75-10)92-41-33(27-70-5)88-59(53(82-17)47(41)76-11)93-42-34(28-71-6)94-60(65,62-36(64)20-22-96)54(83-18)48(42)77-12/h29-34,37-59,65,95-96H,19-28H2,1-18H3,(H,61,63)(H,62,64)/t29-,30-,31-,32-,33-,34-,37-,38-,39-,40-,41-,42-,43+,44+,45+,46+,47+,48+,49-,50-,51-,52-,53-,54-,55-,56-,57-,58-,59-,60-/m1/s1. The molecule has 34 nitrogen and oxygen atoms in total. The van der Waals surface area contributed by atoms with Crippen LogP contribution in [-0.2, 0) is 147 Å². The lowest BCUT2D eigenvalue weighted by molar-refractivity contribution is -0.407. The molecule has 0 aliphatic carbocycles. The van der Waals surface area contributed by atoms with Crippen LogP contribution in [0.25, 0.3) is 0 Å². The van der Waals surface area contributed by atoms with Crippen molar-refractivity contribution in [3.05, 3.63) is 0 Å². The minimum atomic E-state index is -2.38. The number of aliphatic hydroxyl groups is 1. The summed E-state index contributed by atoms with van der Waals surface area (Å²) in [5.41, 5.74) is 0. The lowest BCUT2D eigenvalue weighted by Gasteiger charge is -2.53. The van der Waals surface area contributed by atoms with Crippen molar-refractivity contribution < 1.29 is 152 Å². The number of carbonyl (C=O) groups excluding carboxylic acids is 2. The summed E-state index contributed by atoms with van der Waals surface area (Å²) in [5, 5.41) is 17.3. The number of methoxy groups -OCH3 is 18. The molecule has 0 aromatic rings. The summed E-state index contributed by atoms with van der Waals surface area (Å²) in [5.74, 6) is -2.66. The van der Waals surface area contributed by atoms with Gasteiger partial charge in [-0.1, -0.05) is 0 Å². The first-order valence-electron chi connectivity index (χ1n) is 31.5. The number of hydrogen-bond donors (Lipinski definition) is 5. The SMILES string of the molecule is COC[C@H]1O[C@H](O[C@H]2[C@H](OC)[C@@H](OC)[C@@H](O[C@H]3[C@H](OC)[C@@H](OC)[C@@H](O[C@H]4[C@H](OC)[C@@H](OC)[C@@H](O[C@H]5[C@H](OC)[C@@H](OC)[C@@H](O[C@H]6[C@H](OC)[C@@H](OC)[C@](O)(NC(=O)CCS)O[C@@H]6COC)O[C@@H]5COC)O[C@@H]4COC)O[C@@H]3COC)O[C@@H]2COC)[C@H](OC)[C@@H](OC)[C@@H]1NC(=O)CCS. The molecule has 0 radical (unpaired) electrons. The van der Waals surface area contributed by atoms with Gasteiger partial charge in [-0.25, -0.2) is 0 Å². The Labute approximate surface area is 573 Å². The number of thiol groups is 2. The Kier molecular flexibility index (Phi) is 36.2. The van der Waals surface area contributed by atoms with E-state index in [4.69, 9.17) is 137 Å². The number of amides is 2. The fourth-order valence-electron chi connectivity index (χ4n) is 13.5. The molecule has 6 saturated heterocycles. The smallest absolute Gasteiger partial charge is 0.279 e. The molecule has 96 heavy (non-hydrogen) atoms. The maximum Gasteiger partial charge on any atom is 0.279 e. The summed E-state index contributed by atoms with van der Waals surface area (Å²) < 4.78 is 182. The molecule has 6 heterocycles. The zero-order valence-corrected chi connectivity index (χ0v) is 60.1. The zero-order chi connectivity index (χ0) is 70.4. The van der Waals surface area contributed by atoms with Crippen LogP contribution in [0.5, 0.6) is 0 Å². The number of ether oxygens (including phenoxy) is 29. The molecular formula is C60H108N2O32S2. The minimum absolute atomic E-state index is 0.0247. The van der Waals surface area contributed by atoms with Gasteiger partial charge in [0.1, 0.15) is 134 Å². The van der Waals surface area contributed by atoms with E-state index in [1.807, 2.05) is 0 Å². The molecule has 562 valence electrons. The molecule has 6 aliphatic rings. The largest absolute Gasteiger partial charge is 0.382 e. The monoisotopic (exact) mass is 1430 g/mol. The van der Waals surface area contributed by atoms with Crippen LogP contribution >= 0.6 is 25.3 Å². The fourth-order valence-corrected chi connectivity index (χ4v) is 13.9. The van der Waals surface area contributed by atoms with E-state index in [1.165, 1.54) is 128 Å². The molecule has 6 aliphatic heterocycles. The molecule has 6 fully saturated rings. The lowest BCUT2D eigenvalue weighted by Crippen LogP contribution is -2.73. The van der Waals surface area contributed by atoms with Crippen LogP contribution < -0.4 is 10.6 Å². The Morgan fingerprint density at radius 1 is 0.333 bits per heavy atom. The number of hydrogen-bond acceptors (Lipinski definition) is 34. The van der Waals surface area contributed by atoms with Crippen LogP contribution in [0.2, 0.25) is 0 Å². The Bertz CT molecular complexity index is 2210. The second kappa shape index (κ2) is 41.7. The normalized spacial score (nSPS) is 41.5. The number of rotatable bonds is 40. The molecule has 2 amide bonds. The molecule has 36 heteroatoms. The van der Waals surface area contributed by atoms with E-state index in [0.29, 0.717) is 5.75 Å². The summed E-state index contributed by atoms with van der Waals surface area (Å²) in [6.45, 7) is -0.294. The predicted molar refractivity (Wildman–Crippen MR) is 335 cm³/mol. The minimum Gasteiger partial charge on any atom is -0.382 e. The van der Waals surface area contributed by atoms with Crippen molar-refractivity contribution in [2.24, 2.45) is 0 Å². The van der Waals surface area contributed by atoms with Crippen LogP contribution in [0, 0.1) is 0 Å². The van der Waals surface area contributed by atoms with Gasteiger partial charge in [0.25, 0.3) is 5.91 Å². The van der Waals surface area contributed by atoms with Gasteiger partial charge in [0.05, 0.1) is 45.7 Å². The highest BCUT2D eigenvalue weighted by Crippen LogP contribution is 2.42. The number of carbonyl (C=O) groups is 2. The van der Waals surface area contributed by atoms with Crippen molar-refractivity contribution in [2.75, 3.05) is 179 Å². The number of nitrogens with one attached hydrogen (secondary N) is 2. The molecule has 6 rings (SSSR count). The van der Waals surface area contributed by atoms with Gasteiger partial charge in [-0.05, 0) is 11.5 Å². The first kappa shape index (κ1) is 83.4. The average Bonchev–Trinajstić information content (AvgIpc) is 0.762. The van der Waals surface area contributed by atoms with Crippen molar-refractivity contribution >= 4 is 37.1 Å². The molecule has 0 bridgehead atoms. The van der Waals surface area contributed by atoms with Crippen LogP contribution in [0.1, 0.15) is 12.8 Å². The Morgan fingerprint density at radius 3 is 0.875 bits per heavy atom. The summed E-state index contributed by atoms with van der Waals surface area (Å²) in [7, 11) is 26.5. The second-order valence-electron chi connectivity index (χ2n) is 23.3. The second-order valence-corrected chi connectivity index (χ2v) is 24.1. The van der Waals surface area contributed by atoms with Crippen LogP contribution in [0.15, 0.2) is 0 Å². The topological polar surface area (TPSA) is 346 Å². The lowest BCUT2D eigenvalue weighted by atomic mass is 9.94. The predicted octanol–water partition coefficient (Wildman–Crippen LogP) is -2.12. The Morgan fingerprint density at radius 2 is 0.594 bits per heavy atom. The molecule has 0 aromatic heterocycles. The summed E-state index contributed by atoms with van der Waals surface area (Å²) >= 11 is 8.38. The molecular weight excluding hydrogens is 1320 g/mol. The van der Waals surface area contributed by atoms with Gasteiger partial charge in [0.15, 0.2) is 37.6 Å². The molecule has 0 aromatic carbocycles. The van der Waals surface area contributed by atoms with Gasteiger partial charge in [0, 0.05) is 141 Å². The van der Waals surface area contributed by atoms with Gasteiger partial charge in [-0.15, -0.1) is 0 Å². The van der Waals surface area contributed by atoms with Crippen molar-refractivity contribution in [2.45, 2.75) is 197 Å². The highest BCUT2D eigenvalue weighted by molar-refractivity contribution is 7.80. The van der Waals surface area contributed by atoms with Gasteiger partial charge in [-0.3, -0.25) is 9.59 Å². The van der Waals surface area contributed by atoms with Crippen molar-refractivity contribution in [3.63, 3.8) is 0 Å². The van der Waals surface area contributed by atoms with E-state index in [-0.39, 0.29) is 64.1 Å². The van der Waals surface area contributed by atoms with Crippen molar-refractivity contribution in [1.82, 2.24) is 10.6 Å². The maximum absolute atomic E-state index is 12.9. The van der Waals surface area contributed by atoms with Crippen LogP contribution in [-0.4, -0.2) is 380 Å². The molecule has 0 spiro atoms. The first-order valence-corrected chi connectivity index (χ1v) is 32.7. The van der Waals surface area contributed by atoms with Gasteiger partial charge in [-0.2, -0.15) is 25.3 Å². The third-order valence-electron chi connectivity index (χ3n) is 17.7. The fraction of sp³-hybridized carbons (Fsp3) is 0.967. The maximum atomic E-state index is 12.9. The molecule has 3 N–H and O–H groups in total. The molecule has 0 unspecified atom stereocenters. The zero-order valence-electron chi connectivity index (χ0n) is 58.3. The van der Waals surface area contributed by atoms with Crippen LogP contribution in [0.4, 0.5) is 0 Å². The van der Waals surface area contributed by atoms with Gasteiger partial charge < -0.3 is 153 Å². The van der Waals surface area contributed by atoms with Crippen LogP contribution in [0.3, 0.4) is 0 Å². The Hall–Kier alpha value is -1.56. The van der Waals surface area contributed by atoms with E-state index < -0.39 is 190 Å². The third-order valence-corrected chi connectivity index (χ3v) is 18.2. The van der Waals surface area contributed by atoms with E-state index >= 15 is 0 Å². The van der Waals surface area contributed by atoms with E-state index in [1.54, 1.807) is 0 Å². The highest BCUT2D eigenvalue weighted by Gasteiger charge is 2.62. The first-order chi connectivity index (χ1) is 46.4.